The molecule has 0 aliphatic heterocycles. The van der Waals surface area contributed by atoms with Crippen LogP contribution >= 0.6 is 0 Å². The summed E-state index contributed by atoms with van der Waals surface area (Å²) in [5.41, 5.74) is 0.534. The van der Waals surface area contributed by atoms with Crippen LogP contribution in [0.5, 0.6) is 17.2 Å². The summed E-state index contributed by atoms with van der Waals surface area (Å²) in [5, 5.41) is 12.6. The van der Waals surface area contributed by atoms with Crippen molar-refractivity contribution in [2.24, 2.45) is 0 Å². The van der Waals surface area contributed by atoms with Crippen molar-refractivity contribution in [2.45, 2.75) is 4.90 Å². The summed E-state index contributed by atoms with van der Waals surface area (Å²) in [6.45, 7) is 0. The van der Waals surface area contributed by atoms with Crippen molar-refractivity contribution in [1.82, 2.24) is 0 Å². The van der Waals surface area contributed by atoms with E-state index in [1.165, 1.54) is 32.4 Å². The molecule has 0 aliphatic carbocycles. The maximum atomic E-state index is 12.8. The lowest BCUT2D eigenvalue weighted by Crippen LogP contribution is -2.15. The molecule has 0 atom stereocenters. The fourth-order valence-corrected chi connectivity index (χ4v) is 3.75. The Morgan fingerprint density at radius 1 is 0.900 bits per heavy atom. The molecule has 3 N–H and O–H groups in total. The number of para-hydroxylation sites is 2. The van der Waals surface area contributed by atoms with E-state index in [-0.39, 0.29) is 22.0 Å². The number of carbonyl (C=O) groups is 1. The summed E-state index contributed by atoms with van der Waals surface area (Å²) >= 11 is 0. The van der Waals surface area contributed by atoms with E-state index in [2.05, 4.69) is 10.0 Å². The summed E-state index contributed by atoms with van der Waals surface area (Å²) in [4.78, 5) is 12.3. The standard InChI is InChI=1S/C21H20N2O6S/c1-28-15-9-7-14(8-10-15)21(25)22-18-13-16(11-12-19(18)24)30(26,27)23-17-5-3-4-6-20(17)29-2/h3-13,23-24H,1-2H3,(H,22,25). The zero-order chi connectivity index (χ0) is 21.7. The van der Waals surface area contributed by atoms with E-state index >= 15 is 0 Å². The number of phenolic OH excluding ortho intramolecular Hbond substituents is 1. The lowest BCUT2D eigenvalue weighted by Gasteiger charge is -2.13. The third-order valence-electron chi connectivity index (χ3n) is 4.23. The molecule has 0 spiro atoms. The molecule has 0 saturated carbocycles. The molecule has 0 aromatic heterocycles. The number of benzene rings is 3. The largest absolute Gasteiger partial charge is 0.506 e. The Kier molecular flexibility index (Phi) is 6.12. The molecule has 0 heterocycles. The average molecular weight is 428 g/mol. The average Bonchev–Trinajstić information content (AvgIpc) is 2.75. The first kappa shape index (κ1) is 21.0. The van der Waals surface area contributed by atoms with E-state index in [0.717, 1.165) is 0 Å². The maximum absolute atomic E-state index is 12.8. The number of amides is 1. The van der Waals surface area contributed by atoms with Crippen LogP contribution < -0.4 is 19.5 Å². The predicted octanol–water partition coefficient (Wildman–Crippen LogP) is 3.46. The number of nitrogens with one attached hydrogen (secondary N) is 2. The van der Waals surface area contributed by atoms with Crippen molar-refractivity contribution in [3.05, 3.63) is 72.3 Å². The first-order valence-corrected chi connectivity index (χ1v) is 10.3. The van der Waals surface area contributed by atoms with Gasteiger partial charge in [0.2, 0.25) is 0 Å². The SMILES string of the molecule is COc1ccc(C(=O)Nc2cc(S(=O)(=O)Nc3ccccc3OC)ccc2O)cc1. The predicted molar refractivity (Wildman–Crippen MR) is 113 cm³/mol. The smallest absolute Gasteiger partial charge is 0.262 e. The van der Waals surface area contributed by atoms with Gasteiger partial charge in [-0.2, -0.15) is 0 Å². The van der Waals surface area contributed by atoms with Crippen LogP contribution in [0.1, 0.15) is 10.4 Å². The molecule has 156 valence electrons. The number of hydrogen-bond acceptors (Lipinski definition) is 6. The summed E-state index contributed by atoms with van der Waals surface area (Å²) in [5.74, 6) is 0.158. The van der Waals surface area contributed by atoms with Crippen molar-refractivity contribution in [3.8, 4) is 17.2 Å². The van der Waals surface area contributed by atoms with E-state index < -0.39 is 15.9 Å². The van der Waals surface area contributed by atoms with Crippen molar-refractivity contribution in [2.75, 3.05) is 24.3 Å². The summed E-state index contributed by atoms with van der Waals surface area (Å²) in [6, 6.07) is 16.5. The van der Waals surface area contributed by atoms with Crippen LogP contribution in [0, 0.1) is 0 Å². The first-order chi connectivity index (χ1) is 14.3. The minimum absolute atomic E-state index is 0.0429. The summed E-state index contributed by atoms with van der Waals surface area (Å²) in [7, 11) is -1.06. The van der Waals surface area contributed by atoms with E-state index in [1.54, 1.807) is 48.5 Å². The first-order valence-electron chi connectivity index (χ1n) is 8.78. The summed E-state index contributed by atoms with van der Waals surface area (Å²) in [6.07, 6.45) is 0. The molecule has 3 rings (SSSR count). The third-order valence-corrected chi connectivity index (χ3v) is 5.59. The van der Waals surface area contributed by atoms with Crippen LogP contribution in [0.4, 0.5) is 11.4 Å². The second kappa shape index (κ2) is 8.75. The molecule has 0 unspecified atom stereocenters. The minimum Gasteiger partial charge on any atom is -0.506 e. The van der Waals surface area contributed by atoms with Crippen LogP contribution in [0.2, 0.25) is 0 Å². The Bertz CT molecular complexity index is 1160. The Balaban J connectivity index is 1.85. The van der Waals surface area contributed by atoms with Gasteiger partial charge in [0.15, 0.2) is 0 Å². The topological polar surface area (TPSA) is 114 Å². The normalized spacial score (nSPS) is 10.9. The van der Waals surface area contributed by atoms with Gasteiger partial charge < -0.3 is 19.9 Å². The quantitative estimate of drug-likeness (QED) is 0.497. The maximum Gasteiger partial charge on any atom is 0.262 e. The van der Waals surface area contributed by atoms with E-state index in [1.807, 2.05) is 0 Å². The number of rotatable bonds is 7. The lowest BCUT2D eigenvalue weighted by atomic mass is 10.2. The van der Waals surface area contributed by atoms with Gasteiger partial charge in [0, 0.05) is 5.56 Å². The van der Waals surface area contributed by atoms with Gasteiger partial charge >= 0.3 is 0 Å². The second-order valence-corrected chi connectivity index (χ2v) is 7.85. The zero-order valence-corrected chi connectivity index (χ0v) is 17.1. The number of methoxy groups -OCH3 is 2. The van der Waals surface area contributed by atoms with E-state index in [9.17, 15) is 18.3 Å². The highest BCUT2D eigenvalue weighted by molar-refractivity contribution is 7.92. The number of carbonyl (C=O) groups excluding carboxylic acids is 1. The lowest BCUT2D eigenvalue weighted by molar-refractivity contribution is 0.102. The van der Waals surface area contributed by atoms with Gasteiger partial charge in [-0.25, -0.2) is 8.42 Å². The second-order valence-electron chi connectivity index (χ2n) is 6.17. The molecule has 0 fully saturated rings. The molecule has 3 aromatic rings. The molecular weight excluding hydrogens is 408 g/mol. The Hall–Kier alpha value is -3.72. The van der Waals surface area contributed by atoms with Gasteiger partial charge in [-0.15, -0.1) is 0 Å². The number of anilines is 2. The fourth-order valence-electron chi connectivity index (χ4n) is 2.65. The number of phenols is 1. The van der Waals surface area contributed by atoms with Crippen LogP contribution in [0.15, 0.2) is 71.6 Å². The van der Waals surface area contributed by atoms with Gasteiger partial charge in [0.25, 0.3) is 15.9 Å². The highest BCUT2D eigenvalue weighted by Crippen LogP contribution is 2.30. The molecule has 8 nitrogen and oxygen atoms in total. The van der Waals surface area contributed by atoms with Crippen molar-refractivity contribution < 1.29 is 27.8 Å². The Morgan fingerprint density at radius 2 is 1.60 bits per heavy atom. The third kappa shape index (κ3) is 4.64. The van der Waals surface area contributed by atoms with Gasteiger partial charge in [0.1, 0.15) is 17.2 Å². The van der Waals surface area contributed by atoms with Crippen LogP contribution in [0.3, 0.4) is 0 Å². The van der Waals surface area contributed by atoms with Crippen LogP contribution in [0.25, 0.3) is 0 Å². The Morgan fingerprint density at radius 3 is 2.27 bits per heavy atom. The fraction of sp³-hybridized carbons (Fsp3) is 0.0952. The van der Waals surface area contributed by atoms with Crippen molar-refractivity contribution in [3.63, 3.8) is 0 Å². The molecule has 1 amide bonds. The Labute approximate surface area is 174 Å². The highest BCUT2D eigenvalue weighted by atomic mass is 32.2. The van der Waals surface area contributed by atoms with Crippen molar-refractivity contribution >= 4 is 27.3 Å². The van der Waals surface area contributed by atoms with Gasteiger partial charge in [-0.05, 0) is 54.6 Å². The zero-order valence-electron chi connectivity index (χ0n) is 16.2. The number of sulfonamides is 1. The molecule has 3 aromatic carbocycles. The van der Waals surface area contributed by atoms with Crippen molar-refractivity contribution in [1.29, 1.82) is 0 Å². The minimum atomic E-state index is -4.00. The molecule has 0 bridgehead atoms. The number of hydrogen-bond donors (Lipinski definition) is 3. The van der Waals surface area contributed by atoms with E-state index in [0.29, 0.717) is 17.1 Å². The van der Waals surface area contributed by atoms with Gasteiger partial charge in [-0.1, -0.05) is 12.1 Å². The summed E-state index contributed by atoms with van der Waals surface area (Å²) < 4.78 is 38.2. The molecule has 9 heteroatoms. The molecule has 30 heavy (non-hydrogen) atoms. The molecule has 0 radical (unpaired) electrons. The van der Waals surface area contributed by atoms with E-state index in [4.69, 9.17) is 9.47 Å². The van der Waals surface area contributed by atoms with Gasteiger partial charge in [-0.3, -0.25) is 9.52 Å². The van der Waals surface area contributed by atoms with Crippen LogP contribution in [-0.2, 0) is 10.0 Å². The molecule has 0 aliphatic rings. The monoisotopic (exact) mass is 428 g/mol. The highest BCUT2D eigenvalue weighted by Gasteiger charge is 2.19. The number of aromatic hydroxyl groups is 1. The number of ether oxygens (including phenoxy) is 2. The van der Waals surface area contributed by atoms with Gasteiger partial charge in [0.05, 0.1) is 30.5 Å². The molecule has 0 saturated heterocycles. The van der Waals surface area contributed by atoms with Crippen LogP contribution in [-0.4, -0.2) is 33.7 Å². The molecular formula is C21H20N2O6S.